The van der Waals surface area contributed by atoms with Gasteiger partial charge in [0.05, 0.1) is 6.10 Å². The molecular weight excluding hydrogens is 384 g/mol. The number of carboxylic acid groups (broad SMARTS) is 1. The van der Waals surface area contributed by atoms with Crippen LogP contribution in [0.5, 0.6) is 0 Å². The van der Waals surface area contributed by atoms with E-state index in [-0.39, 0.29) is 6.10 Å². The summed E-state index contributed by atoms with van der Waals surface area (Å²) in [7, 11) is 0. The van der Waals surface area contributed by atoms with Crippen molar-refractivity contribution in [2.75, 3.05) is 0 Å². The van der Waals surface area contributed by atoms with Crippen LogP contribution in [0, 0.1) is 0 Å². The van der Waals surface area contributed by atoms with Crippen molar-refractivity contribution in [2.45, 2.75) is 148 Å². The summed E-state index contributed by atoms with van der Waals surface area (Å²) in [6.45, 7) is 2.03. The first kappa shape index (κ1) is 29.9. The van der Waals surface area contributed by atoms with Crippen molar-refractivity contribution < 1.29 is 15.0 Å². The second kappa shape index (κ2) is 25.2. The Balaban J connectivity index is 3.15. The highest BCUT2D eigenvalue weighted by molar-refractivity contribution is 5.66. The number of rotatable bonds is 24. The summed E-state index contributed by atoms with van der Waals surface area (Å²) in [5, 5.41) is 18.6. The minimum absolute atomic E-state index is 0.161. The van der Waals surface area contributed by atoms with E-state index in [9.17, 15) is 9.90 Å². The summed E-state index contributed by atoms with van der Waals surface area (Å²) in [6, 6.07) is 0. The lowest BCUT2D eigenvalue weighted by Crippen LogP contribution is -2.04. The number of hydrogen-bond donors (Lipinski definition) is 2. The Bertz CT molecular complexity index is 428. The molecule has 3 nitrogen and oxygen atoms in total. The monoisotopic (exact) mass is 436 g/mol. The highest BCUT2D eigenvalue weighted by atomic mass is 16.4. The van der Waals surface area contributed by atoms with Crippen LogP contribution in [0.4, 0.5) is 0 Å². The minimum Gasteiger partial charge on any atom is -0.481 e. The van der Waals surface area contributed by atoms with Crippen molar-refractivity contribution in [2.24, 2.45) is 0 Å². The Hall–Kier alpha value is -1.09. The van der Waals surface area contributed by atoms with Crippen molar-refractivity contribution in [3.8, 4) is 0 Å². The zero-order chi connectivity index (χ0) is 22.8. The maximum atomic E-state index is 10.4. The summed E-state index contributed by atoms with van der Waals surface area (Å²) in [6.07, 6.45) is 33.1. The molecule has 0 saturated carbocycles. The van der Waals surface area contributed by atoms with Crippen LogP contribution in [0.1, 0.15) is 142 Å². The fourth-order valence-corrected chi connectivity index (χ4v) is 3.99. The maximum absolute atomic E-state index is 10.4. The van der Waals surface area contributed by atoms with Gasteiger partial charge in [0, 0.05) is 6.42 Å². The van der Waals surface area contributed by atoms with Gasteiger partial charge in [-0.1, -0.05) is 127 Å². The van der Waals surface area contributed by atoms with E-state index in [1.54, 1.807) is 0 Å². The summed E-state index contributed by atoms with van der Waals surface area (Å²) < 4.78 is 0. The second-order valence-electron chi connectivity index (χ2n) is 9.11. The largest absolute Gasteiger partial charge is 0.481 e. The van der Waals surface area contributed by atoms with E-state index >= 15 is 0 Å². The molecule has 0 aromatic carbocycles. The standard InChI is InChI=1S/C28H52O3/c1-2-3-4-18-21-24-27(29)25-22-19-16-14-12-10-8-6-5-7-9-11-13-15-17-20-23-26-28(30)31/h2-3,18,21,27,29H,4-17,19-20,22-26H2,1H3,(H,30,31). The first-order chi connectivity index (χ1) is 15.2. The molecule has 0 aromatic heterocycles. The first-order valence-electron chi connectivity index (χ1n) is 13.3. The van der Waals surface area contributed by atoms with E-state index < -0.39 is 5.97 Å². The zero-order valence-corrected chi connectivity index (χ0v) is 20.5. The van der Waals surface area contributed by atoms with Gasteiger partial charge in [0.2, 0.25) is 0 Å². The van der Waals surface area contributed by atoms with Gasteiger partial charge in [-0.15, -0.1) is 0 Å². The van der Waals surface area contributed by atoms with Gasteiger partial charge in [-0.25, -0.2) is 0 Å². The molecular formula is C28H52O3. The van der Waals surface area contributed by atoms with Crippen LogP contribution in [-0.4, -0.2) is 22.3 Å². The summed E-state index contributed by atoms with van der Waals surface area (Å²) in [4.78, 5) is 10.4. The van der Waals surface area contributed by atoms with Gasteiger partial charge in [0.15, 0.2) is 0 Å². The van der Waals surface area contributed by atoms with E-state index in [2.05, 4.69) is 24.3 Å². The molecule has 0 rings (SSSR count). The van der Waals surface area contributed by atoms with E-state index in [4.69, 9.17) is 5.11 Å². The van der Waals surface area contributed by atoms with Gasteiger partial charge in [0.1, 0.15) is 0 Å². The van der Waals surface area contributed by atoms with Crippen LogP contribution >= 0.6 is 0 Å². The fraction of sp³-hybridized carbons (Fsp3) is 0.821. The van der Waals surface area contributed by atoms with Gasteiger partial charge in [-0.05, 0) is 32.6 Å². The second-order valence-corrected chi connectivity index (χ2v) is 9.11. The van der Waals surface area contributed by atoms with Gasteiger partial charge in [-0.2, -0.15) is 0 Å². The molecule has 0 amide bonds. The lowest BCUT2D eigenvalue weighted by Gasteiger charge is -2.07. The van der Waals surface area contributed by atoms with Gasteiger partial charge in [-0.3, -0.25) is 4.79 Å². The van der Waals surface area contributed by atoms with Crippen molar-refractivity contribution in [3.63, 3.8) is 0 Å². The number of aliphatic carboxylic acids is 1. The average molecular weight is 437 g/mol. The topological polar surface area (TPSA) is 57.5 Å². The van der Waals surface area contributed by atoms with Gasteiger partial charge in [0.25, 0.3) is 0 Å². The average Bonchev–Trinajstić information content (AvgIpc) is 2.75. The number of carbonyl (C=O) groups is 1. The van der Waals surface area contributed by atoms with Crippen LogP contribution in [0.25, 0.3) is 0 Å². The molecule has 0 aliphatic carbocycles. The molecule has 0 aliphatic heterocycles. The van der Waals surface area contributed by atoms with Gasteiger partial charge < -0.3 is 10.2 Å². The number of unbranched alkanes of at least 4 members (excludes halogenated alkanes) is 16. The lowest BCUT2D eigenvalue weighted by atomic mass is 10.0. The van der Waals surface area contributed by atoms with Crippen LogP contribution in [-0.2, 0) is 4.79 Å². The summed E-state index contributed by atoms with van der Waals surface area (Å²) in [5.74, 6) is -0.661. The van der Waals surface area contributed by atoms with Crippen LogP contribution in [0.2, 0.25) is 0 Å². The van der Waals surface area contributed by atoms with E-state index in [1.807, 2.05) is 6.92 Å². The van der Waals surface area contributed by atoms with E-state index in [0.29, 0.717) is 6.42 Å². The molecule has 1 atom stereocenters. The van der Waals surface area contributed by atoms with Crippen molar-refractivity contribution in [3.05, 3.63) is 24.3 Å². The quantitative estimate of drug-likeness (QED) is 0.117. The van der Waals surface area contributed by atoms with E-state index in [0.717, 1.165) is 38.5 Å². The third-order valence-corrected chi connectivity index (χ3v) is 6.01. The molecule has 3 heteroatoms. The lowest BCUT2D eigenvalue weighted by molar-refractivity contribution is -0.137. The van der Waals surface area contributed by atoms with Crippen LogP contribution in [0.15, 0.2) is 24.3 Å². The third-order valence-electron chi connectivity index (χ3n) is 6.01. The van der Waals surface area contributed by atoms with Crippen molar-refractivity contribution >= 4 is 5.97 Å². The molecule has 2 N–H and O–H groups in total. The molecule has 0 aliphatic rings. The van der Waals surface area contributed by atoms with Crippen molar-refractivity contribution in [1.82, 2.24) is 0 Å². The molecule has 0 aromatic rings. The molecule has 0 radical (unpaired) electrons. The third kappa shape index (κ3) is 26.9. The Morgan fingerprint density at radius 2 is 1.06 bits per heavy atom. The molecule has 182 valence electrons. The number of hydrogen-bond acceptors (Lipinski definition) is 2. The summed E-state index contributed by atoms with van der Waals surface area (Å²) >= 11 is 0. The SMILES string of the molecule is CC=CCC=CCC(O)CCCCCCCCCCCCCCCCCCCC(=O)O. The van der Waals surface area contributed by atoms with Crippen LogP contribution < -0.4 is 0 Å². The normalized spacial score (nSPS) is 12.8. The molecule has 1 unspecified atom stereocenters. The molecule has 0 spiro atoms. The van der Waals surface area contributed by atoms with Gasteiger partial charge >= 0.3 is 5.97 Å². The Labute approximate surface area is 193 Å². The Kier molecular flexibility index (Phi) is 24.3. The molecule has 31 heavy (non-hydrogen) atoms. The number of aliphatic hydroxyl groups excluding tert-OH is 1. The molecule has 0 saturated heterocycles. The van der Waals surface area contributed by atoms with Crippen LogP contribution in [0.3, 0.4) is 0 Å². The first-order valence-corrected chi connectivity index (χ1v) is 13.3. The molecule has 0 bridgehead atoms. The predicted octanol–water partition coefficient (Wildman–Crippen LogP) is 8.76. The zero-order valence-electron chi connectivity index (χ0n) is 20.5. The Morgan fingerprint density at radius 1 is 0.645 bits per heavy atom. The Morgan fingerprint density at radius 3 is 1.48 bits per heavy atom. The fourth-order valence-electron chi connectivity index (χ4n) is 3.99. The highest BCUT2D eigenvalue weighted by Crippen LogP contribution is 2.15. The number of aliphatic hydroxyl groups is 1. The molecule has 0 heterocycles. The number of carboxylic acids is 1. The van der Waals surface area contributed by atoms with Crippen molar-refractivity contribution in [1.29, 1.82) is 0 Å². The minimum atomic E-state index is -0.661. The summed E-state index contributed by atoms with van der Waals surface area (Å²) in [5.41, 5.74) is 0. The maximum Gasteiger partial charge on any atom is 0.303 e. The molecule has 0 fully saturated rings. The smallest absolute Gasteiger partial charge is 0.303 e. The number of allylic oxidation sites excluding steroid dienone is 3. The van der Waals surface area contributed by atoms with E-state index in [1.165, 1.54) is 89.9 Å². The predicted molar refractivity (Wildman–Crippen MR) is 135 cm³/mol. The highest BCUT2D eigenvalue weighted by Gasteiger charge is 2.01.